The molecule has 0 aliphatic heterocycles. The molecule has 0 aliphatic carbocycles. The fraction of sp³-hybridized carbons (Fsp3) is 0.385. The number of aliphatic hydroxyl groups is 2. The van der Waals surface area contributed by atoms with E-state index < -0.39 is 18.1 Å². The molecular weight excluding hydrogens is 250 g/mol. The zero-order chi connectivity index (χ0) is 14.6. The van der Waals surface area contributed by atoms with Gasteiger partial charge in [0.25, 0.3) is 0 Å². The van der Waals surface area contributed by atoms with E-state index in [2.05, 4.69) is 0 Å². The van der Waals surface area contributed by atoms with Crippen LogP contribution in [0.4, 0.5) is 0 Å². The molecular formula is C13H17NO5. The molecule has 0 fully saturated rings. The Hall–Kier alpha value is -1.92. The molecule has 0 aromatic heterocycles. The number of hydrogen-bond acceptors (Lipinski definition) is 5. The van der Waals surface area contributed by atoms with E-state index in [-0.39, 0.29) is 35.5 Å². The minimum atomic E-state index is -1.35. The molecule has 0 aliphatic rings. The van der Waals surface area contributed by atoms with Crippen molar-refractivity contribution in [3.05, 3.63) is 29.3 Å². The second-order valence-corrected chi connectivity index (χ2v) is 4.24. The zero-order valence-electron chi connectivity index (χ0n) is 10.5. The van der Waals surface area contributed by atoms with Crippen molar-refractivity contribution in [2.24, 2.45) is 5.73 Å². The van der Waals surface area contributed by atoms with E-state index in [0.717, 1.165) is 0 Å². The molecule has 1 aromatic carbocycles. The van der Waals surface area contributed by atoms with Crippen LogP contribution in [0.1, 0.15) is 41.8 Å². The van der Waals surface area contributed by atoms with Gasteiger partial charge in [-0.1, -0.05) is 13.0 Å². The molecule has 2 unspecified atom stereocenters. The van der Waals surface area contributed by atoms with Gasteiger partial charge in [0.05, 0.1) is 18.1 Å². The van der Waals surface area contributed by atoms with E-state index in [0.29, 0.717) is 0 Å². The van der Waals surface area contributed by atoms with Crippen molar-refractivity contribution in [2.75, 3.05) is 0 Å². The number of nitrogens with two attached hydrogens (primary N) is 1. The summed E-state index contributed by atoms with van der Waals surface area (Å²) < 4.78 is 0. The number of carbonyl (C=O) groups is 2. The van der Waals surface area contributed by atoms with Crippen LogP contribution >= 0.6 is 0 Å². The summed E-state index contributed by atoms with van der Waals surface area (Å²) >= 11 is 0. The van der Waals surface area contributed by atoms with Gasteiger partial charge in [0.1, 0.15) is 11.9 Å². The van der Waals surface area contributed by atoms with E-state index in [9.17, 15) is 24.9 Å². The minimum absolute atomic E-state index is 0.0744. The molecule has 5 N–H and O–H groups in total. The summed E-state index contributed by atoms with van der Waals surface area (Å²) in [5.41, 5.74) is 5.24. The number of rotatable bonds is 6. The van der Waals surface area contributed by atoms with Crippen LogP contribution in [0.15, 0.2) is 18.2 Å². The number of carbonyl (C=O) groups excluding carboxylic acids is 2. The fourth-order valence-electron chi connectivity index (χ4n) is 1.69. The molecule has 1 amide bonds. The molecule has 0 heterocycles. The lowest BCUT2D eigenvalue weighted by Crippen LogP contribution is -2.25. The number of aromatic hydroxyl groups is 1. The summed E-state index contributed by atoms with van der Waals surface area (Å²) in [7, 11) is 0. The molecule has 0 radical (unpaired) electrons. The maximum absolute atomic E-state index is 11.6. The van der Waals surface area contributed by atoms with Crippen LogP contribution in [-0.4, -0.2) is 33.1 Å². The van der Waals surface area contributed by atoms with E-state index in [4.69, 9.17) is 5.73 Å². The standard InChI is InChI=1S/C13H17NO5/c1-2-9(15)8-5-7(3-4-10(8)16)13(19)11(17)6-12(14)18/h3-5,11,13,16-17,19H,2,6H2,1H3,(H2,14,18). The monoisotopic (exact) mass is 267 g/mol. The highest BCUT2D eigenvalue weighted by atomic mass is 16.3. The number of aliphatic hydroxyl groups excluding tert-OH is 2. The lowest BCUT2D eigenvalue weighted by molar-refractivity contribution is -0.121. The Labute approximate surface area is 110 Å². The number of benzene rings is 1. The minimum Gasteiger partial charge on any atom is -0.507 e. The third kappa shape index (κ3) is 3.77. The Morgan fingerprint density at radius 3 is 2.47 bits per heavy atom. The van der Waals surface area contributed by atoms with Crippen LogP contribution in [0.3, 0.4) is 0 Å². The number of primary amides is 1. The number of ketones is 1. The molecule has 0 spiro atoms. The van der Waals surface area contributed by atoms with Gasteiger partial charge in [-0.25, -0.2) is 0 Å². The summed E-state index contributed by atoms with van der Waals surface area (Å²) in [5.74, 6) is -1.21. The first-order valence-corrected chi connectivity index (χ1v) is 5.87. The van der Waals surface area contributed by atoms with Gasteiger partial charge in [-0.05, 0) is 17.7 Å². The van der Waals surface area contributed by atoms with Gasteiger partial charge < -0.3 is 21.1 Å². The molecule has 6 heteroatoms. The third-order valence-corrected chi connectivity index (χ3v) is 2.76. The lowest BCUT2D eigenvalue weighted by Gasteiger charge is -2.17. The van der Waals surface area contributed by atoms with Crippen molar-refractivity contribution in [3.63, 3.8) is 0 Å². The number of amides is 1. The van der Waals surface area contributed by atoms with Gasteiger partial charge in [0, 0.05) is 6.42 Å². The topological polar surface area (TPSA) is 121 Å². The molecule has 1 rings (SSSR count). The summed E-state index contributed by atoms with van der Waals surface area (Å²) in [6.07, 6.45) is -2.89. The Morgan fingerprint density at radius 1 is 1.32 bits per heavy atom. The van der Waals surface area contributed by atoms with Crippen molar-refractivity contribution < 1.29 is 24.9 Å². The number of phenols is 1. The molecule has 19 heavy (non-hydrogen) atoms. The zero-order valence-corrected chi connectivity index (χ0v) is 10.5. The Morgan fingerprint density at radius 2 is 1.95 bits per heavy atom. The van der Waals surface area contributed by atoms with Gasteiger partial charge in [-0.2, -0.15) is 0 Å². The van der Waals surface area contributed by atoms with E-state index in [1.54, 1.807) is 6.92 Å². The fourth-order valence-corrected chi connectivity index (χ4v) is 1.69. The van der Waals surface area contributed by atoms with Gasteiger partial charge in [-0.3, -0.25) is 9.59 Å². The second-order valence-electron chi connectivity index (χ2n) is 4.24. The highest BCUT2D eigenvalue weighted by molar-refractivity contribution is 5.98. The maximum Gasteiger partial charge on any atom is 0.220 e. The first-order chi connectivity index (χ1) is 8.86. The van der Waals surface area contributed by atoms with E-state index in [1.165, 1.54) is 18.2 Å². The van der Waals surface area contributed by atoms with Crippen molar-refractivity contribution in [3.8, 4) is 5.75 Å². The van der Waals surface area contributed by atoms with Crippen molar-refractivity contribution in [1.29, 1.82) is 0 Å². The predicted octanol–water partition coefficient (Wildman–Crippen LogP) is 0.255. The summed E-state index contributed by atoms with van der Waals surface area (Å²) in [5, 5.41) is 29.0. The van der Waals surface area contributed by atoms with Crippen molar-refractivity contribution >= 4 is 11.7 Å². The Kier molecular flexibility index (Phi) is 5.02. The van der Waals surface area contributed by atoms with Crippen molar-refractivity contribution in [1.82, 2.24) is 0 Å². The van der Waals surface area contributed by atoms with Crippen LogP contribution in [0, 0.1) is 0 Å². The van der Waals surface area contributed by atoms with E-state index >= 15 is 0 Å². The van der Waals surface area contributed by atoms with Gasteiger partial charge in [0.15, 0.2) is 5.78 Å². The summed E-state index contributed by atoms with van der Waals surface area (Å²) in [6, 6.07) is 3.94. The number of phenolic OH excluding ortho intramolecular Hbond substituents is 1. The first kappa shape index (κ1) is 15.1. The van der Waals surface area contributed by atoms with Gasteiger partial charge >= 0.3 is 0 Å². The predicted molar refractivity (Wildman–Crippen MR) is 67.5 cm³/mol. The van der Waals surface area contributed by atoms with E-state index in [1.807, 2.05) is 0 Å². The maximum atomic E-state index is 11.6. The SMILES string of the molecule is CCC(=O)c1cc(C(O)C(O)CC(N)=O)ccc1O. The number of hydrogen-bond donors (Lipinski definition) is 4. The average molecular weight is 267 g/mol. The Bertz CT molecular complexity index is 486. The molecule has 0 saturated carbocycles. The average Bonchev–Trinajstić information content (AvgIpc) is 2.36. The molecule has 2 atom stereocenters. The summed E-state index contributed by atoms with van der Waals surface area (Å²) in [4.78, 5) is 22.3. The van der Waals surface area contributed by atoms with Crippen LogP contribution in [0.2, 0.25) is 0 Å². The van der Waals surface area contributed by atoms with Crippen molar-refractivity contribution in [2.45, 2.75) is 32.0 Å². The third-order valence-electron chi connectivity index (χ3n) is 2.76. The van der Waals surface area contributed by atoms with Gasteiger partial charge in [-0.15, -0.1) is 0 Å². The molecule has 104 valence electrons. The summed E-state index contributed by atoms with van der Waals surface area (Å²) in [6.45, 7) is 1.65. The molecule has 6 nitrogen and oxygen atoms in total. The number of Topliss-reactive ketones (excluding diaryl/α,β-unsaturated/α-hetero) is 1. The van der Waals surface area contributed by atoms with Crippen LogP contribution in [0.25, 0.3) is 0 Å². The van der Waals surface area contributed by atoms with Crippen LogP contribution in [-0.2, 0) is 4.79 Å². The normalized spacial score (nSPS) is 13.8. The van der Waals surface area contributed by atoms with Crippen LogP contribution in [0.5, 0.6) is 5.75 Å². The van der Waals surface area contributed by atoms with Gasteiger partial charge in [0.2, 0.25) is 5.91 Å². The largest absolute Gasteiger partial charge is 0.507 e. The molecule has 0 bridgehead atoms. The molecule has 1 aromatic rings. The quantitative estimate of drug-likeness (QED) is 0.551. The first-order valence-electron chi connectivity index (χ1n) is 5.87. The molecule has 0 saturated heterocycles. The smallest absolute Gasteiger partial charge is 0.220 e. The van der Waals surface area contributed by atoms with Crippen LogP contribution < -0.4 is 5.73 Å². The highest BCUT2D eigenvalue weighted by Crippen LogP contribution is 2.26. The lowest BCUT2D eigenvalue weighted by atomic mass is 9.97. The Balaban J connectivity index is 3.01. The second kappa shape index (κ2) is 6.31. The highest BCUT2D eigenvalue weighted by Gasteiger charge is 2.22.